The monoisotopic (exact) mass is 267 g/mol. The van der Waals surface area contributed by atoms with Gasteiger partial charge < -0.3 is 15.2 Å². The van der Waals surface area contributed by atoms with Crippen LogP contribution in [-0.2, 0) is 9.47 Å². The molecule has 0 unspecified atom stereocenters. The number of nitrogens with two attached hydrogens (primary N) is 1. The van der Waals surface area contributed by atoms with Gasteiger partial charge in [-0.05, 0) is 12.0 Å². The maximum atomic E-state index is 11.9. The molecular formula is C13H21N3O3. The Hall–Kier alpha value is -1.40. The van der Waals surface area contributed by atoms with Gasteiger partial charge in [0.15, 0.2) is 6.23 Å². The summed E-state index contributed by atoms with van der Waals surface area (Å²) in [4.78, 5) is 15.6. The predicted octanol–water partition coefficient (Wildman–Crippen LogP) is 1.03. The highest BCUT2D eigenvalue weighted by Gasteiger charge is 2.44. The molecule has 2 heterocycles. The molecule has 1 aliphatic heterocycles. The summed E-state index contributed by atoms with van der Waals surface area (Å²) in [7, 11) is 1.63. The number of methoxy groups -OCH3 is 1. The first kappa shape index (κ1) is 14.0. The highest BCUT2D eigenvalue weighted by atomic mass is 16.6. The van der Waals surface area contributed by atoms with E-state index in [0.717, 1.165) is 0 Å². The Bertz CT molecular complexity index is 500. The third-order valence-electron chi connectivity index (χ3n) is 3.67. The maximum absolute atomic E-state index is 11.9. The number of hydrogen-bond donors (Lipinski definition) is 1. The van der Waals surface area contributed by atoms with E-state index in [1.54, 1.807) is 19.4 Å². The largest absolute Gasteiger partial charge is 0.383 e. The van der Waals surface area contributed by atoms with Crippen molar-refractivity contribution in [3.8, 4) is 0 Å². The van der Waals surface area contributed by atoms with Crippen molar-refractivity contribution in [1.29, 1.82) is 0 Å². The average Bonchev–Trinajstić information content (AvgIpc) is 2.66. The van der Waals surface area contributed by atoms with Gasteiger partial charge in [-0.2, -0.15) is 4.98 Å². The maximum Gasteiger partial charge on any atom is 0.351 e. The molecule has 0 saturated carbocycles. The Morgan fingerprint density at radius 3 is 2.74 bits per heavy atom. The van der Waals surface area contributed by atoms with Gasteiger partial charge in [0, 0.05) is 19.2 Å². The quantitative estimate of drug-likeness (QED) is 0.884. The van der Waals surface area contributed by atoms with E-state index in [0.29, 0.717) is 5.92 Å². The zero-order valence-corrected chi connectivity index (χ0v) is 11.7. The molecule has 0 aromatic carbocycles. The molecule has 2 N–H and O–H groups in total. The number of hydrogen-bond acceptors (Lipinski definition) is 5. The molecule has 6 nitrogen and oxygen atoms in total. The molecule has 1 aliphatic rings. The van der Waals surface area contributed by atoms with Gasteiger partial charge in [0.25, 0.3) is 0 Å². The van der Waals surface area contributed by atoms with Crippen LogP contribution in [0.4, 0.5) is 5.82 Å². The molecule has 0 amide bonds. The molecule has 1 saturated heterocycles. The Labute approximate surface area is 112 Å². The molecule has 106 valence electrons. The van der Waals surface area contributed by atoms with Crippen molar-refractivity contribution in [3.05, 3.63) is 22.7 Å². The smallest absolute Gasteiger partial charge is 0.351 e. The van der Waals surface area contributed by atoms with Crippen LogP contribution in [0.5, 0.6) is 0 Å². The summed E-state index contributed by atoms with van der Waals surface area (Å²) >= 11 is 0. The molecule has 0 radical (unpaired) electrons. The van der Waals surface area contributed by atoms with Gasteiger partial charge in [-0.15, -0.1) is 0 Å². The van der Waals surface area contributed by atoms with Gasteiger partial charge in [-0.1, -0.05) is 20.8 Å². The van der Waals surface area contributed by atoms with E-state index in [9.17, 15) is 4.79 Å². The number of ether oxygens (including phenoxy) is 2. The number of rotatable bonds is 3. The molecule has 19 heavy (non-hydrogen) atoms. The van der Waals surface area contributed by atoms with Crippen molar-refractivity contribution < 1.29 is 9.47 Å². The molecule has 2 rings (SSSR count). The molecule has 4 atom stereocenters. The highest BCUT2D eigenvalue weighted by Crippen LogP contribution is 2.37. The van der Waals surface area contributed by atoms with Crippen LogP contribution in [0.1, 0.15) is 27.0 Å². The first-order valence-corrected chi connectivity index (χ1v) is 6.48. The van der Waals surface area contributed by atoms with Gasteiger partial charge in [0.05, 0.1) is 6.10 Å². The topological polar surface area (TPSA) is 79.4 Å². The van der Waals surface area contributed by atoms with E-state index in [-0.39, 0.29) is 23.9 Å². The van der Waals surface area contributed by atoms with Crippen molar-refractivity contribution >= 4 is 5.82 Å². The lowest BCUT2D eigenvalue weighted by Crippen LogP contribution is -2.34. The summed E-state index contributed by atoms with van der Waals surface area (Å²) in [6, 6.07) is 1.59. The fourth-order valence-electron chi connectivity index (χ4n) is 2.75. The predicted molar refractivity (Wildman–Crippen MR) is 71.6 cm³/mol. The Morgan fingerprint density at radius 2 is 2.21 bits per heavy atom. The fourth-order valence-corrected chi connectivity index (χ4v) is 2.75. The normalized spacial score (nSPS) is 31.0. The van der Waals surface area contributed by atoms with Gasteiger partial charge in [0.2, 0.25) is 0 Å². The highest BCUT2D eigenvalue weighted by molar-refractivity contribution is 5.23. The number of nitrogen functional groups attached to an aromatic ring is 1. The zero-order chi connectivity index (χ0) is 14.2. The molecule has 0 bridgehead atoms. The lowest BCUT2D eigenvalue weighted by atomic mass is 9.92. The van der Waals surface area contributed by atoms with Gasteiger partial charge >= 0.3 is 5.69 Å². The second-order valence-corrected chi connectivity index (χ2v) is 5.34. The summed E-state index contributed by atoms with van der Waals surface area (Å²) < 4.78 is 13.0. The summed E-state index contributed by atoms with van der Waals surface area (Å²) in [5, 5.41) is 0. The average molecular weight is 267 g/mol. The van der Waals surface area contributed by atoms with Crippen LogP contribution in [0.25, 0.3) is 0 Å². The van der Waals surface area contributed by atoms with Gasteiger partial charge in [-0.3, -0.25) is 4.57 Å². The molecule has 1 aromatic heterocycles. The molecule has 0 spiro atoms. The van der Waals surface area contributed by atoms with Crippen molar-refractivity contribution in [1.82, 2.24) is 9.55 Å². The number of aromatic nitrogens is 2. The Morgan fingerprint density at radius 1 is 1.53 bits per heavy atom. The van der Waals surface area contributed by atoms with Crippen molar-refractivity contribution in [2.75, 3.05) is 12.8 Å². The Balaban J connectivity index is 2.35. The van der Waals surface area contributed by atoms with Crippen LogP contribution < -0.4 is 11.4 Å². The lowest BCUT2D eigenvalue weighted by Gasteiger charge is -2.20. The minimum Gasteiger partial charge on any atom is -0.383 e. The minimum atomic E-state index is -0.451. The number of anilines is 1. The molecule has 1 aromatic rings. The van der Waals surface area contributed by atoms with Crippen LogP contribution in [0, 0.1) is 11.8 Å². The van der Waals surface area contributed by atoms with Crippen LogP contribution >= 0.6 is 0 Å². The van der Waals surface area contributed by atoms with E-state index in [2.05, 4.69) is 25.8 Å². The second kappa shape index (κ2) is 5.30. The second-order valence-electron chi connectivity index (χ2n) is 5.34. The van der Waals surface area contributed by atoms with Crippen molar-refractivity contribution in [2.45, 2.75) is 39.2 Å². The first-order chi connectivity index (χ1) is 8.95. The molecule has 6 heteroatoms. The third kappa shape index (κ3) is 2.50. The van der Waals surface area contributed by atoms with Gasteiger partial charge in [0.1, 0.15) is 11.9 Å². The zero-order valence-electron chi connectivity index (χ0n) is 11.7. The first-order valence-electron chi connectivity index (χ1n) is 6.48. The lowest BCUT2D eigenvalue weighted by molar-refractivity contribution is -0.0616. The van der Waals surface area contributed by atoms with Crippen LogP contribution in [0.3, 0.4) is 0 Å². The summed E-state index contributed by atoms with van der Waals surface area (Å²) in [5.74, 6) is 0.774. The van der Waals surface area contributed by atoms with Gasteiger partial charge in [-0.25, -0.2) is 4.79 Å². The fraction of sp³-hybridized carbons (Fsp3) is 0.692. The van der Waals surface area contributed by atoms with Crippen LogP contribution in [0.15, 0.2) is 17.1 Å². The minimum absolute atomic E-state index is 0.0550. The standard InChI is InChI=1S/C13H21N3O3/c1-7(2)10-8(3)11(18-4)12(19-10)16-6-5-9(14)15-13(16)17/h5-8,10-12H,1-4H3,(H2,14,15,17)/t8-,10-,11-,12-/m1/s1. The van der Waals surface area contributed by atoms with E-state index < -0.39 is 11.9 Å². The Kier molecular flexibility index (Phi) is 3.91. The SMILES string of the molecule is CO[C@@H]1[C@H](C)[C@@H](C(C)C)O[C@H]1n1ccc(N)nc1=O. The molecular weight excluding hydrogens is 246 g/mol. The van der Waals surface area contributed by atoms with Crippen molar-refractivity contribution in [2.24, 2.45) is 11.8 Å². The molecule has 0 aliphatic carbocycles. The summed E-state index contributed by atoms with van der Waals surface area (Å²) in [6.07, 6.45) is 1.04. The van der Waals surface area contributed by atoms with E-state index in [1.807, 2.05) is 0 Å². The van der Waals surface area contributed by atoms with Crippen LogP contribution in [0.2, 0.25) is 0 Å². The van der Waals surface area contributed by atoms with E-state index >= 15 is 0 Å². The van der Waals surface area contributed by atoms with E-state index in [1.165, 1.54) is 4.57 Å². The van der Waals surface area contributed by atoms with Crippen LogP contribution in [-0.4, -0.2) is 28.9 Å². The summed E-state index contributed by atoms with van der Waals surface area (Å²) in [5.41, 5.74) is 5.09. The number of nitrogens with zero attached hydrogens (tertiary/aromatic N) is 2. The summed E-state index contributed by atoms with van der Waals surface area (Å²) in [6.45, 7) is 6.27. The molecule has 1 fully saturated rings. The third-order valence-corrected chi connectivity index (χ3v) is 3.67. The van der Waals surface area contributed by atoms with E-state index in [4.69, 9.17) is 15.2 Å². The van der Waals surface area contributed by atoms with Crippen molar-refractivity contribution in [3.63, 3.8) is 0 Å².